The highest BCUT2D eigenvalue weighted by atomic mass is 32.2. The number of hydrogen-bond acceptors (Lipinski definition) is 3. The van der Waals surface area contributed by atoms with Gasteiger partial charge in [-0.1, -0.05) is 30.3 Å². The minimum absolute atomic E-state index is 0.0785. The van der Waals surface area contributed by atoms with Gasteiger partial charge in [0.05, 0.1) is 6.10 Å². The number of hydrogen-bond donors (Lipinski definition) is 2. The Bertz CT molecular complexity index is 393. The van der Waals surface area contributed by atoms with Crippen LogP contribution in [0.2, 0.25) is 0 Å². The van der Waals surface area contributed by atoms with Gasteiger partial charge in [0.1, 0.15) is 5.25 Å². The molecule has 4 heteroatoms. The minimum Gasteiger partial charge on any atom is -0.480 e. The molecule has 0 aromatic heterocycles. The van der Waals surface area contributed by atoms with Gasteiger partial charge < -0.3 is 10.2 Å². The lowest BCUT2D eigenvalue weighted by Gasteiger charge is -2.19. The number of aliphatic carboxylic acids is 1. The molecule has 0 saturated heterocycles. The Morgan fingerprint density at radius 1 is 1.33 bits per heavy atom. The van der Waals surface area contributed by atoms with E-state index in [1.807, 2.05) is 30.3 Å². The quantitative estimate of drug-likeness (QED) is 0.859. The summed E-state index contributed by atoms with van der Waals surface area (Å²) in [5.74, 6) is -0.789. The Labute approximate surface area is 111 Å². The van der Waals surface area contributed by atoms with Crippen molar-refractivity contribution in [3.05, 3.63) is 35.9 Å². The summed E-state index contributed by atoms with van der Waals surface area (Å²) in [5.41, 5.74) is 1.03. The monoisotopic (exact) mass is 266 g/mol. The van der Waals surface area contributed by atoms with E-state index in [9.17, 15) is 15.0 Å². The number of aliphatic hydroxyl groups excluding tert-OH is 1. The second-order valence-electron chi connectivity index (χ2n) is 4.69. The Morgan fingerprint density at radius 3 is 2.61 bits per heavy atom. The molecule has 0 heterocycles. The van der Waals surface area contributed by atoms with E-state index >= 15 is 0 Å². The molecular formula is C14H18O3S. The van der Waals surface area contributed by atoms with Gasteiger partial charge >= 0.3 is 5.97 Å². The Morgan fingerprint density at radius 2 is 2.06 bits per heavy atom. The topological polar surface area (TPSA) is 57.5 Å². The van der Waals surface area contributed by atoms with Crippen molar-refractivity contribution < 1.29 is 15.0 Å². The van der Waals surface area contributed by atoms with Gasteiger partial charge in [-0.25, -0.2) is 0 Å². The summed E-state index contributed by atoms with van der Waals surface area (Å²) < 4.78 is 0. The number of carboxylic acid groups (broad SMARTS) is 1. The fourth-order valence-corrected chi connectivity index (χ4v) is 3.75. The third-order valence-corrected chi connectivity index (χ3v) is 4.89. The molecule has 2 rings (SSSR count). The molecule has 2 N–H and O–H groups in total. The summed E-state index contributed by atoms with van der Waals surface area (Å²) in [5, 5.41) is 18.7. The van der Waals surface area contributed by atoms with Gasteiger partial charge in [0.2, 0.25) is 0 Å². The van der Waals surface area contributed by atoms with E-state index < -0.39 is 11.2 Å². The second-order valence-corrected chi connectivity index (χ2v) is 6.14. The first-order valence-corrected chi connectivity index (χ1v) is 7.21. The third kappa shape index (κ3) is 3.50. The van der Waals surface area contributed by atoms with Crippen molar-refractivity contribution in [3.63, 3.8) is 0 Å². The van der Waals surface area contributed by atoms with Crippen LogP contribution in [0.4, 0.5) is 0 Å². The van der Waals surface area contributed by atoms with Crippen LogP contribution in [-0.2, 0) is 11.2 Å². The first kappa shape index (κ1) is 13.4. The fourth-order valence-electron chi connectivity index (χ4n) is 2.30. The standard InChI is InChI=1S/C14H18O3S/c15-11-7-4-8-12(11)18-13(14(16)17)9-10-5-2-1-3-6-10/h1-3,5-6,11-13,15H,4,7-9H2,(H,16,17). The Hall–Kier alpha value is -1.00. The number of carboxylic acids is 1. The zero-order chi connectivity index (χ0) is 13.0. The summed E-state index contributed by atoms with van der Waals surface area (Å²) in [6.45, 7) is 0. The molecular weight excluding hydrogens is 248 g/mol. The number of aliphatic hydroxyl groups is 1. The molecule has 1 aliphatic rings. The van der Waals surface area contributed by atoms with E-state index in [1.54, 1.807) is 0 Å². The Balaban J connectivity index is 1.98. The molecule has 3 unspecified atom stereocenters. The van der Waals surface area contributed by atoms with E-state index in [0.717, 1.165) is 24.8 Å². The van der Waals surface area contributed by atoms with Crippen LogP contribution in [0, 0.1) is 0 Å². The second kappa shape index (κ2) is 6.25. The maximum Gasteiger partial charge on any atom is 0.316 e. The van der Waals surface area contributed by atoms with Gasteiger partial charge in [0.25, 0.3) is 0 Å². The van der Waals surface area contributed by atoms with Crippen LogP contribution >= 0.6 is 11.8 Å². The van der Waals surface area contributed by atoms with Gasteiger partial charge in [-0.15, -0.1) is 11.8 Å². The molecule has 98 valence electrons. The molecule has 0 aliphatic heterocycles. The summed E-state index contributed by atoms with van der Waals surface area (Å²) >= 11 is 1.41. The molecule has 0 bridgehead atoms. The van der Waals surface area contributed by atoms with Gasteiger partial charge in [0.15, 0.2) is 0 Å². The zero-order valence-electron chi connectivity index (χ0n) is 10.2. The number of rotatable bonds is 5. The van der Waals surface area contributed by atoms with Crippen LogP contribution in [0.15, 0.2) is 30.3 Å². The summed E-state index contributed by atoms with van der Waals surface area (Å²) in [7, 11) is 0. The van der Waals surface area contributed by atoms with Crippen molar-refractivity contribution in [1.29, 1.82) is 0 Å². The van der Waals surface area contributed by atoms with Crippen LogP contribution in [0.25, 0.3) is 0 Å². The lowest BCUT2D eigenvalue weighted by molar-refractivity contribution is -0.136. The SMILES string of the molecule is O=C(O)C(Cc1ccccc1)SC1CCCC1O. The van der Waals surface area contributed by atoms with Crippen molar-refractivity contribution in [1.82, 2.24) is 0 Å². The maximum absolute atomic E-state index is 11.3. The molecule has 3 atom stereocenters. The van der Waals surface area contributed by atoms with Crippen molar-refractivity contribution in [2.24, 2.45) is 0 Å². The van der Waals surface area contributed by atoms with Crippen molar-refractivity contribution in [2.45, 2.75) is 42.3 Å². The number of benzene rings is 1. The predicted octanol–water partition coefficient (Wildman–Crippen LogP) is 2.33. The lowest BCUT2D eigenvalue weighted by Crippen LogP contribution is -2.26. The van der Waals surface area contributed by atoms with Gasteiger partial charge in [0, 0.05) is 5.25 Å². The van der Waals surface area contributed by atoms with Crippen LogP contribution in [-0.4, -0.2) is 32.8 Å². The average molecular weight is 266 g/mol. The van der Waals surface area contributed by atoms with Crippen molar-refractivity contribution >= 4 is 17.7 Å². The van der Waals surface area contributed by atoms with E-state index in [1.165, 1.54) is 11.8 Å². The van der Waals surface area contributed by atoms with Crippen LogP contribution < -0.4 is 0 Å². The predicted molar refractivity (Wildman–Crippen MR) is 72.8 cm³/mol. The molecule has 1 aliphatic carbocycles. The van der Waals surface area contributed by atoms with Crippen molar-refractivity contribution in [3.8, 4) is 0 Å². The van der Waals surface area contributed by atoms with E-state index in [4.69, 9.17) is 0 Å². The number of carbonyl (C=O) groups is 1. The normalized spacial score (nSPS) is 24.9. The molecule has 1 aromatic rings. The minimum atomic E-state index is -0.789. The van der Waals surface area contributed by atoms with Crippen LogP contribution in [0.5, 0.6) is 0 Å². The van der Waals surface area contributed by atoms with Gasteiger partial charge in [-0.3, -0.25) is 4.79 Å². The zero-order valence-corrected chi connectivity index (χ0v) is 11.0. The maximum atomic E-state index is 11.3. The molecule has 1 fully saturated rings. The average Bonchev–Trinajstić information content (AvgIpc) is 2.75. The highest BCUT2D eigenvalue weighted by Crippen LogP contribution is 2.33. The molecule has 18 heavy (non-hydrogen) atoms. The number of thioether (sulfide) groups is 1. The summed E-state index contributed by atoms with van der Waals surface area (Å²) in [6, 6.07) is 9.66. The molecule has 0 amide bonds. The van der Waals surface area contributed by atoms with E-state index in [0.29, 0.717) is 6.42 Å². The first-order chi connectivity index (χ1) is 8.66. The molecule has 1 saturated carbocycles. The molecule has 0 radical (unpaired) electrons. The molecule has 1 aromatic carbocycles. The third-order valence-electron chi connectivity index (χ3n) is 3.30. The highest BCUT2D eigenvalue weighted by Gasteiger charge is 2.31. The van der Waals surface area contributed by atoms with Gasteiger partial charge in [-0.05, 0) is 31.2 Å². The highest BCUT2D eigenvalue weighted by molar-refractivity contribution is 8.01. The van der Waals surface area contributed by atoms with Crippen LogP contribution in [0.3, 0.4) is 0 Å². The van der Waals surface area contributed by atoms with Gasteiger partial charge in [-0.2, -0.15) is 0 Å². The lowest BCUT2D eigenvalue weighted by atomic mass is 10.1. The smallest absolute Gasteiger partial charge is 0.316 e. The Kier molecular flexibility index (Phi) is 4.66. The van der Waals surface area contributed by atoms with Crippen LogP contribution in [0.1, 0.15) is 24.8 Å². The van der Waals surface area contributed by atoms with E-state index in [2.05, 4.69) is 0 Å². The summed E-state index contributed by atoms with van der Waals surface area (Å²) in [6.07, 6.45) is 2.90. The fraction of sp³-hybridized carbons (Fsp3) is 0.500. The first-order valence-electron chi connectivity index (χ1n) is 6.27. The largest absolute Gasteiger partial charge is 0.480 e. The van der Waals surface area contributed by atoms with Crippen molar-refractivity contribution in [2.75, 3.05) is 0 Å². The summed E-state index contributed by atoms with van der Waals surface area (Å²) in [4.78, 5) is 11.3. The molecule has 3 nitrogen and oxygen atoms in total. The molecule has 0 spiro atoms. The van der Waals surface area contributed by atoms with E-state index in [-0.39, 0.29) is 11.4 Å².